The van der Waals surface area contributed by atoms with Crippen molar-refractivity contribution in [3.63, 3.8) is 0 Å². The predicted molar refractivity (Wildman–Crippen MR) is 77.3 cm³/mol. The van der Waals surface area contributed by atoms with E-state index in [0.29, 0.717) is 16.9 Å². The fraction of sp³-hybridized carbons (Fsp3) is 0.308. The zero-order chi connectivity index (χ0) is 14.7. The number of halogens is 1. The molecule has 106 valence electrons. The number of nitrogens with zero attached hydrogens (tertiary/aromatic N) is 2. The van der Waals surface area contributed by atoms with Gasteiger partial charge in [-0.2, -0.15) is 0 Å². The molecule has 1 aromatic carbocycles. The first kappa shape index (κ1) is 14.7. The number of aryl methyl sites for hydroxylation is 1. The van der Waals surface area contributed by atoms with Crippen molar-refractivity contribution in [1.82, 2.24) is 10.3 Å². The maximum absolute atomic E-state index is 10.8. The molecule has 1 unspecified atom stereocenters. The third-order valence-electron chi connectivity index (χ3n) is 2.78. The van der Waals surface area contributed by atoms with Crippen LogP contribution in [0.1, 0.15) is 30.2 Å². The first-order valence-electron chi connectivity index (χ1n) is 6.05. The van der Waals surface area contributed by atoms with Gasteiger partial charge in [0.25, 0.3) is 5.69 Å². The highest BCUT2D eigenvalue weighted by molar-refractivity contribution is 9.10. The van der Waals surface area contributed by atoms with E-state index >= 15 is 0 Å². The molecule has 0 bridgehead atoms. The van der Waals surface area contributed by atoms with Crippen LogP contribution in [0.3, 0.4) is 0 Å². The van der Waals surface area contributed by atoms with Crippen LogP contribution in [0.15, 0.2) is 33.3 Å². The number of benzene rings is 1. The lowest BCUT2D eigenvalue weighted by Crippen LogP contribution is -2.18. The average molecular weight is 340 g/mol. The van der Waals surface area contributed by atoms with Crippen LogP contribution < -0.4 is 5.32 Å². The molecule has 6 nitrogen and oxygen atoms in total. The summed E-state index contributed by atoms with van der Waals surface area (Å²) in [4.78, 5) is 14.5. The molecule has 0 saturated carbocycles. The Morgan fingerprint density at radius 2 is 2.25 bits per heavy atom. The quantitative estimate of drug-likeness (QED) is 0.665. The van der Waals surface area contributed by atoms with E-state index in [1.165, 1.54) is 6.07 Å². The predicted octanol–water partition coefficient (Wildman–Crippen LogP) is 3.50. The summed E-state index contributed by atoms with van der Waals surface area (Å²) in [6, 6.07) is 4.80. The van der Waals surface area contributed by atoms with E-state index in [1.807, 2.05) is 19.9 Å². The molecule has 0 fully saturated rings. The van der Waals surface area contributed by atoms with E-state index in [2.05, 4.69) is 26.2 Å². The molecule has 0 radical (unpaired) electrons. The highest BCUT2D eigenvalue weighted by Crippen LogP contribution is 2.22. The van der Waals surface area contributed by atoms with Gasteiger partial charge in [0.1, 0.15) is 5.76 Å². The van der Waals surface area contributed by atoms with Crippen LogP contribution in [0.5, 0.6) is 0 Å². The van der Waals surface area contributed by atoms with Gasteiger partial charge in [0, 0.05) is 23.2 Å². The Bertz CT molecular complexity index is 627. The number of non-ortho nitro benzene ring substituents is 1. The number of rotatable bonds is 5. The van der Waals surface area contributed by atoms with Gasteiger partial charge in [0.15, 0.2) is 0 Å². The smallest absolute Gasteiger partial charge is 0.270 e. The van der Waals surface area contributed by atoms with Gasteiger partial charge in [-0.15, -0.1) is 0 Å². The molecular formula is C13H14BrN3O3. The van der Waals surface area contributed by atoms with Crippen molar-refractivity contribution in [2.45, 2.75) is 26.4 Å². The Morgan fingerprint density at radius 1 is 1.50 bits per heavy atom. The zero-order valence-corrected chi connectivity index (χ0v) is 12.7. The Morgan fingerprint density at radius 3 is 2.85 bits per heavy atom. The Balaban J connectivity index is 2.05. The average Bonchev–Trinajstić information content (AvgIpc) is 2.82. The van der Waals surface area contributed by atoms with Gasteiger partial charge in [-0.1, -0.05) is 15.9 Å². The summed E-state index contributed by atoms with van der Waals surface area (Å²) in [7, 11) is 0. The Hall–Kier alpha value is -1.73. The molecular weight excluding hydrogens is 326 g/mol. The number of nitro benzene ring substituents is 1. The van der Waals surface area contributed by atoms with Crippen LogP contribution in [-0.2, 0) is 6.54 Å². The molecule has 1 atom stereocenters. The summed E-state index contributed by atoms with van der Waals surface area (Å²) in [6.45, 7) is 4.25. The number of hydrogen-bond acceptors (Lipinski definition) is 5. The molecule has 7 heteroatoms. The van der Waals surface area contributed by atoms with Crippen molar-refractivity contribution in [3.8, 4) is 0 Å². The molecule has 2 aromatic rings. The van der Waals surface area contributed by atoms with E-state index in [-0.39, 0.29) is 11.7 Å². The lowest BCUT2D eigenvalue weighted by molar-refractivity contribution is -0.385. The zero-order valence-electron chi connectivity index (χ0n) is 11.1. The van der Waals surface area contributed by atoms with Crippen LogP contribution >= 0.6 is 15.9 Å². The minimum absolute atomic E-state index is 0.0656. The molecule has 0 saturated heterocycles. The molecule has 20 heavy (non-hydrogen) atoms. The molecule has 2 rings (SSSR count). The third-order valence-corrected chi connectivity index (χ3v) is 3.23. The second kappa shape index (κ2) is 6.15. The minimum atomic E-state index is -0.408. The van der Waals surface area contributed by atoms with Crippen LogP contribution in [0, 0.1) is 17.0 Å². The lowest BCUT2D eigenvalue weighted by atomic mass is 10.2. The maximum atomic E-state index is 10.8. The molecule has 0 aliphatic rings. The van der Waals surface area contributed by atoms with Gasteiger partial charge in [0.2, 0.25) is 5.89 Å². The molecule has 1 heterocycles. The van der Waals surface area contributed by atoms with Crippen LogP contribution in [0.2, 0.25) is 0 Å². The summed E-state index contributed by atoms with van der Waals surface area (Å²) in [5.41, 5.74) is 0.886. The lowest BCUT2D eigenvalue weighted by Gasteiger charge is -2.10. The molecule has 0 aliphatic carbocycles. The number of nitrogens with one attached hydrogen (secondary N) is 1. The largest absolute Gasteiger partial charge is 0.444 e. The van der Waals surface area contributed by atoms with Gasteiger partial charge < -0.3 is 9.73 Å². The first-order valence-corrected chi connectivity index (χ1v) is 6.84. The topological polar surface area (TPSA) is 81.2 Å². The fourth-order valence-electron chi connectivity index (χ4n) is 1.77. The minimum Gasteiger partial charge on any atom is -0.444 e. The number of aromatic nitrogens is 1. The standard InChI is InChI=1S/C13H14BrN3O3/c1-8-6-16-13(20-8)9(2)15-7-10-3-11(14)5-12(4-10)17(18)19/h3-6,9,15H,7H2,1-2H3. The summed E-state index contributed by atoms with van der Waals surface area (Å²) >= 11 is 3.27. The van der Waals surface area contributed by atoms with Crippen molar-refractivity contribution in [1.29, 1.82) is 0 Å². The second-order valence-corrected chi connectivity index (χ2v) is 5.40. The highest BCUT2D eigenvalue weighted by Gasteiger charge is 2.12. The van der Waals surface area contributed by atoms with Gasteiger partial charge in [-0.25, -0.2) is 4.98 Å². The number of oxazole rings is 1. The fourth-order valence-corrected chi connectivity index (χ4v) is 2.30. The van der Waals surface area contributed by atoms with Crippen molar-refractivity contribution >= 4 is 21.6 Å². The van der Waals surface area contributed by atoms with E-state index in [0.717, 1.165) is 11.3 Å². The van der Waals surface area contributed by atoms with Gasteiger partial charge in [-0.3, -0.25) is 10.1 Å². The summed E-state index contributed by atoms with van der Waals surface area (Å²) in [6.07, 6.45) is 1.66. The molecule has 0 amide bonds. The highest BCUT2D eigenvalue weighted by atomic mass is 79.9. The number of nitro groups is 1. The SMILES string of the molecule is Cc1cnc(C(C)NCc2cc(Br)cc([N+](=O)[O-])c2)o1. The number of hydrogen-bond donors (Lipinski definition) is 1. The Kier molecular flexibility index (Phi) is 4.51. The summed E-state index contributed by atoms with van der Waals surface area (Å²) < 4.78 is 6.11. The molecule has 0 aliphatic heterocycles. The van der Waals surface area contributed by atoms with E-state index in [4.69, 9.17) is 4.42 Å². The normalized spacial score (nSPS) is 12.3. The van der Waals surface area contributed by atoms with Crippen molar-refractivity contribution in [2.24, 2.45) is 0 Å². The summed E-state index contributed by atoms with van der Waals surface area (Å²) in [5, 5.41) is 14.0. The third kappa shape index (κ3) is 3.64. The van der Waals surface area contributed by atoms with Crippen LogP contribution in [0.4, 0.5) is 5.69 Å². The molecule has 1 N–H and O–H groups in total. The van der Waals surface area contributed by atoms with E-state index < -0.39 is 4.92 Å². The van der Waals surface area contributed by atoms with E-state index in [1.54, 1.807) is 12.3 Å². The Labute approximate surface area is 124 Å². The molecule has 0 spiro atoms. The van der Waals surface area contributed by atoms with Crippen LogP contribution in [-0.4, -0.2) is 9.91 Å². The van der Waals surface area contributed by atoms with Gasteiger partial charge in [0.05, 0.1) is 17.2 Å². The van der Waals surface area contributed by atoms with Gasteiger partial charge in [-0.05, 0) is 25.5 Å². The van der Waals surface area contributed by atoms with E-state index in [9.17, 15) is 10.1 Å². The monoisotopic (exact) mass is 339 g/mol. The summed E-state index contributed by atoms with van der Waals surface area (Å²) in [5.74, 6) is 1.36. The van der Waals surface area contributed by atoms with Crippen molar-refractivity contribution < 1.29 is 9.34 Å². The van der Waals surface area contributed by atoms with Crippen molar-refractivity contribution in [2.75, 3.05) is 0 Å². The second-order valence-electron chi connectivity index (χ2n) is 4.49. The molecule has 1 aromatic heterocycles. The van der Waals surface area contributed by atoms with Crippen molar-refractivity contribution in [3.05, 3.63) is 56.2 Å². The maximum Gasteiger partial charge on any atom is 0.270 e. The first-order chi connectivity index (χ1) is 9.45. The van der Waals surface area contributed by atoms with Gasteiger partial charge >= 0.3 is 0 Å². The van der Waals surface area contributed by atoms with Crippen LogP contribution in [0.25, 0.3) is 0 Å².